The molecule has 7 nitrogen and oxygen atoms in total. The summed E-state index contributed by atoms with van der Waals surface area (Å²) in [6, 6.07) is 12.3. The molecule has 0 saturated carbocycles. The monoisotopic (exact) mass is 456 g/mol. The Kier molecular flexibility index (Phi) is 9.91. The number of carboxylic acids is 1. The summed E-state index contributed by atoms with van der Waals surface area (Å²) < 4.78 is 16.3. The molecule has 33 heavy (non-hydrogen) atoms. The Hall–Kier alpha value is -3.35. The van der Waals surface area contributed by atoms with Gasteiger partial charge in [-0.3, -0.25) is 4.79 Å². The van der Waals surface area contributed by atoms with Gasteiger partial charge in [0.25, 0.3) is 0 Å². The molecule has 0 aliphatic carbocycles. The van der Waals surface area contributed by atoms with E-state index in [1.54, 1.807) is 24.3 Å². The van der Waals surface area contributed by atoms with E-state index in [9.17, 15) is 14.4 Å². The molecule has 0 atom stereocenters. The molecule has 2 rings (SSSR count). The highest BCUT2D eigenvalue weighted by Crippen LogP contribution is 2.21. The number of ether oxygens (including phenoxy) is 3. The van der Waals surface area contributed by atoms with Gasteiger partial charge in [-0.1, -0.05) is 6.92 Å². The van der Waals surface area contributed by atoms with Gasteiger partial charge in [0.1, 0.15) is 11.5 Å². The Balaban J connectivity index is 1.63. The predicted octanol–water partition coefficient (Wildman–Crippen LogP) is 5.52. The SMILES string of the molecule is CCC(C)(C)C(=O)OCCCCCCOc1ccc(C(=O)Oc2ccc(C(=O)O)cc2)cc1. The summed E-state index contributed by atoms with van der Waals surface area (Å²) in [6.45, 7) is 6.77. The molecular formula is C26H32O7. The zero-order valence-corrected chi connectivity index (χ0v) is 19.5. The fourth-order valence-electron chi connectivity index (χ4n) is 2.77. The minimum atomic E-state index is -1.04. The van der Waals surface area contributed by atoms with Gasteiger partial charge in [0.05, 0.1) is 29.8 Å². The van der Waals surface area contributed by atoms with Crippen LogP contribution >= 0.6 is 0 Å². The number of aromatic carboxylic acids is 1. The van der Waals surface area contributed by atoms with Crippen molar-refractivity contribution in [2.75, 3.05) is 13.2 Å². The molecule has 0 saturated heterocycles. The van der Waals surface area contributed by atoms with Gasteiger partial charge in [0, 0.05) is 0 Å². The van der Waals surface area contributed by atoms with Crippen LogP contribution in [0.25, 0.3) is 0 Å². The molecule has 7 heteroatoms. The maximum Gasteiger partial charge on any atom is 0.343 e. The Morgan fingerprint density at radius 1 is 0.788 bits per heavy atom. The van der Waals surface area contributed by atoms with Crippen LogP contribution in [0.2, 0.25) is 0 Å². The first kappa shape index (κ1) is 25.9. The summed E-state index contributed by atoms with van der Waals surface area (Å²) in [5, 5.41) is 8.90. The number of hydrogen-bond donors (Lipinski definition) is 1. The van der Waals surface area contributed by atoms with Crippen LogP contribution in [0.3, 0.4) is 0 Å². The van der Waals surface area contributed by atoms with Gasteiger partial charge in [-0.25, -0.2) is 9.59 Å². The molecule has 0 aliphatic heterocycles. The molecule has 0 amide bonds. The van der Waals surface area contributed by atoms with Crippen LogP contribution in [0.4, 0.5) is 0 Å². The number of carbonyl (C=O) groups excluding carboxylic acids is 2. The van der Waals surface area contributed by atoms with E-state index in [2.05, 4.69) is 0 Å². The van der Waals surface area contributed by atoms with E-state index in [-0.39, 0.29) is 17.3 Å². The number of unbranched alkanes of at least 4 members (excludes halogenated alkanes) is 3. The summed E-state index contributed by atoms with van der Waals surface area (Å²) in [6.07, 6.45) is 4.40. The first-order chi connectivity index (χ1) is 15.7. The molecule has 0 radical (unpaired) electrons. The van der Waals surface area contributed by atoms with Crippen molar-refractivity contribution in [3.8, 4) is 11.5 Å². The van der Waals surface area contributed by atoms with Gasteiger partial charge in [-0.15, -0.1) is 0 Å². The number of carbonyl (C=O) groups is 3. The second kappa shape index (κ2) is 12.6. The molecule has 1 N–H and O–H groups in total. The minimum Gasteiger partial charge on any atom is -0.494 e. The zero-order chi connectivity index (χ0) is 24.3. The second-order valence-corrected chi connectivity index (χ2v) is 8.38. The fraction of sp³-hybridized carbons (Fsp3) is 0.423. The Morgan fingerprint density at radius 2 is 1.33 bits per heavy atom. The number of rotatable bonds is 13. The van der Waals surface area contributed by atoms with Gasteiger partial charge < -0.3 is 19.3 Å². The fourth-order valence-corrected chi connectivity index (χ4v) is 2.77. The summed E-state index contributed by atoms with van der Waals surface area (Å²) >= 11 is 0. The Morgan fingerprint density at radius 3 is 1.91 bits per heavy atom. The second-order valence-electron chi connectivity index (χ2n) is 8.38. The Labute approximate surface area is 194 Å². The minimum absolute atomic E-state index is 0.121. The van der Waals surface area contributed by atoms with Crippen molar-refractivity contribution in [3.05, 3.63) is 59.7 Å². The average Bonchev–Trinajstić information content (AvgIpc) is 2.81. The lowest BCUT2D eigenvalue weighted by Crippen LogP contribution is -2.26. The summed E-state index contributed by atoms with van der Waals surface area (Å²) in [5.41, 5.74) is 0.0643. The third-order valence-corrected chi connectivity index (χ3v) is 5.38. The topological polar surface area (TPSA) is 99.1 Å². The van der Waals surface area contributed by atoms with Crippen LogP contribution in [0.1, 0.15) is 73.6 Å². The summed E-state index contributed by atoms with van der Waals surface area (Å²) in [7, 11) is 0. The van der Waals surface area contributed by atoms with Crippen LogP contribution < -0.4 is 9.47 Å². The number of carboxylic acid groups (broad SMARTS) is 1. The molecule has 0 aliphatic rings. The largest absolute Gasteiger partial charge is 0.494 e. The molecular weight excluding hydrogens is 424 g/mol. The molecule has 0 fully saturated rings. The lowest BCUT2D eigenvalue weighted by atomic mass is 9.91. The van der Waals surface area contributed by atoms with Gasteiger partial charge >= 0.3 is 17.9 Å². The van der Waals surface area contributed by atoms with Crippen molar-refractivity contribution in [2.45, 2.75) is 52.9 Å². The van der Waals surface area contributed by atoms with Crippen molar-refractivity contribution in [1.29, 1.82) is 0 Å². The van der Waals surface area contributed by atoms with E-state index < -0.39 is 17.4 Å². The van der Waals surface area contributed by atoms with E-state index in [0.717, 1.165) is 32.1 Å². The standard InChI is InChI=1S/C26H32O7/c1-4-26(2,3)25(30)32-18-8-6-5-7-17-31-21-13-11-20(12-14-21)24(29)33-22-15-9-19(10-16-22)23(27)28/h9-16H,4-8,17-18H2,1-3H3,(H,27,28). The Bertz CT molecular complexity index is 915. The number of hydrogen-bond acceptors (Lipinski definition) is 6. The lowest BCUT2D eigenvalue weighted by Gasteiger charge is -2.20. The van der Waals surface area contributed by atoms with E-state index >= 15 is 0 Å². The molecule has 0 spiro atoms. The smallest absolute Gasteiger partial charge is 0.343 e. The van der Waals surface area contributed by atoms with Crippen LogP contribution in [0, 0.1) is 5.41 Å². The highest BCUT2D eigenvalue weighted by molar-refractivity contribution is 5.91. The zero-order valence-electron chi connectivity index (χ0n) is 19.5. The van der Waals surface area contributed by atoms with Crippen molar-refractivity contribution >= 4 is 17.9 Å². The highest BCUT2D eigenvalue weighted by Gasteiger charge is 2.26. The van der Waals surface area contributed by atoms with E-state index in [1.807, 2.05) is 20.8 Å². The third-order valence-electron chi connectivity index (χ3n) is 5.38. The number of benzene rings is 2. The van der Waals surface area contributed by atoms with Crippen LogP contribution in [-0.2, 0) is 9.53 Å². The molecule has 0 bridgehead atoms. The highest BCUT2D eigenvalue weighted by atomic mass is 16.5. The van der Waals surface area contributed by atoms with Crippen LogP contribution in [0.15, 0.2) is 48.5 Å². The van der Waals surface area contributed by atoms with Crippen molar-refractivity contribution < 1.29 is 33.7 Å². The molecule has 178 valence electrons. The normalized spacial score (nSPS) is 11.0. The van der Waals surface area contributed by atoms with E-state index in [0.29, 0.717) is 24.5 Å². The van der Waals surface area contributed by atoms with Gasteiger partial charge in [-0.2, -0.15) is 0 Å². The van der Waals surface area contributed by atoms with Gasteiger partial charge in [0.15, 0.2) is 0 Å². The lowest BCUT2D eigenvalue weighted by molar-refractivity contribution is -0.154. The van der Waals surface area contributed by atoms with Gasteiger partial charge in [-0.05, 0) is 94.5 Å². The van der Waals surface area contributed by atoms with E-state index in [1.165, 1.54) is 24.3 Å². The average molecular weight is 457 g/mol. The quantitative estimate of drug-likeness (QED) is 0.241. The third kappa shape index (κ3) is 8.60. The van der Waals surface area contributed by atoms with Crippen molar-refractivity contribution in [3.63, 3.8) is 0 Å². The molecule has 0 aromatic heterocycles. The molecule has 0 heterocycles. The van der Waals surface area contributed by atoms with Crippen LogP contribution in [0.5, 0.6) is 11.5 Å². The van der Waals surface area contributed by atoms with Crippen LogP contribution in [-0.4, -0.2) is 36.2 Å². The van der Waals surface area contributed by atoms with Crippen molar-refractivity contribution in [1.82, 2.24) is 0 Å². The number of esters is 2. The maximum absolute atomic E-state index is 12.2. The summed E-state index contributed by atoms with van der Waals surface area (Å²) in [4.78, 5) is 35.0. The molecule has 2 aromatic rings. The van der Waals surface area contributed by atoms with Crippen molar-refractivity contribution in [2.24, 2.45) is 5.41 Å². The predicted molar refractivity (Wildman–Crippen MR) is 124 cm³/mol. The maximum atomic E-state index is 12.2. The molecule has 2 aromatic carbocycles. The summed E-state index contributed by atoms with van der Waals surface area (Å²) in [5.74, 6) is -0.785. The van der Waals surface area contributed by atoms with E-state index in [4.69, 9.17) is 19.3 Å². The van der Waals surface area contributed by atoms with Gasteiger partial charge in [0.2, 0.25) is 0 Å². The first-order valence-corrected chi connectivity index (χ1v) is 11.2. The molecule has 0 unspecified atom stereocenters. The first-order valence-electron chi connectivity index (χ1n) is 11.2.